The quantitative estimate of drug-likeness (QED) is 0.851. The first-order valence-electron chi connectivity index (χ1n) is 4.91. The number of anilines is 2. The number of nitriles is 1. The zero-order valence-corrected chi connectivity index (χ0v) is 11.0. The van der Waals surface area contributed by atoms with Crippen molar-refractivity contribution in [2.45, 2.75) is 0 Å². The van der Waals surface area contributed by atoms with Crippen molar-refractivity contribution in [3.63, 3.8) is 0 Å². The van der Waals surface area contributed by atoms with E-state index in [2.05, 4.69) is 32.1 Å². The van der Waals surface area contributed by atoms with E-state index in [-0.39, 0.29) is 0 Å². The summed E-state index contributed by atoms with van der Waals surface area (Å²) in [6.07, 6.45) is 3.39. The van der Waals surface area contributed by atoms with Gasteiger partial charge in [-0.25, -0.2) is 4.98 Å². The van der Waals surface area contributed by atoms with Gasteiger partial charge in [0.15, 0.2) is 5.82 Å². The average molecular weight is 292 g/mol. The molecule has 2 heterocycles. The molecule has 17 heavy (non-hydrogen) atoms. The van der Waals surface area contributed by atoms with Crippen LogP contribution in [0.1, 0.15) is 5.56 Å². The van der Waals surface area contributed by atoms with E-state index in [1.165, 1.54) is 0 Å². The maximum absolute atomic E-state index is 9.01. The average Bonchev–Trinajstić information content (AvgIpc) is 2.70. The molecule has 2 aromatic heterocycles. The Bertz CT molecular complexity index is 567. The van der Waals surface area contributed by atoms with Crippen LogP contribution in [0.5, 0.6) is 0 Å². The van der Waals surface area contributed by atoms with E-state index in [1.807, 2.05) is 19.2 Å². The van der Waals surface area contributed by atoms with Crippen molar-refractivity contribution in [2.75, 3.05) is 11.9 Å². The molecule has 0 amide bonds. The highest BCUT2D eigenvalue weighted by Gasteiger charge is 2.14. The lowest BCUT2D eigenvalue weighted by atomic mass is 10.3. The van der Waals surface area contributed by atoms with Crippen LogP contribution in [-0.2, 0) is 7.05 Å². The van der Waals surface area contributed by atoms with Gasteiger partial charge in [0, 0.05) is 31.0 Å². The molecular weight excluding hydrogens is 282 g/mol. The number of pyridine rings is 1. The molecule has 0 N–H and O–H groups in total. The Morgan fingerprint density at radius 2 is 2.24 bits per heavy atom. The van der Waals surface area contributed by atoms with Gasteiger partial charge in [-0.15, -0.1) is 0 Å². The van der Waals surface area contributed by atoms with Gasteiger partial charge in [-0.1, -0.05) is 0 Å². The van der Waals surface area contributed by atoms with Gasteiger partial charge in [0.25, 0.3) is 0 Å². The molecule has 0 fully saturated rings. The lowest BCUT2D eigenvalue weighted by Crippen LogP contribution is -2.13. The third-order valence-corrected chi connectivity index (χ3v) is 2.77. The third-order valence-electron chi connectivity index (χ3n) is 2.30. The minimum absolute atomic E-state index is 0.528. The van der Waals surface area contributed by atoms with Gasteiger partial charge in [0.05, 0.1) is 0 Å². The lowest BCUT2D eigenvalue weighted by molar-refractivity contribution is 0.764. The molecular formula is C11H10BrN5. The highest BCUT2D eigenvalue weighted by Crippen LogP contribution is 2.23. The maximum Gasteiger partial charge on any atom is 0.173 e. The molecule has 0 aliphatic carbocycles. The van der Waals surface area contributed by atoms with Gasteiger partial charge in [-0.3, -0.25) is 4.68 Å². The molecule has 6 heteroatoms. The van der Waals surface area contributed by atoms with Crippen molar-refractivity contribution < 1.29 is 0 Å². The summed E-state index contributed by atoms with van der Waals surface area (Å²) < 4.78 is 2.53. The van der Waals surface area contributed by atoms with E-state index in [4.69, 9.17) is 5.26 Å². The Kier molecular flexibility index (Phi) is 3.11. The molecule has 0 aromatic carbocycles. The summed E-state index contributed by atoms with van der Waals surface area (Å²) in [5.74, 6) is 1.34. The second-order valence-electron chi connectivity index (χ2n) is 3.55. The van der Waals surface area contributed by atoms with E-state index in [1.54, 1.807) is 29.0 Å². The summed E-state index contributed by atoms with van der Waals surface area (Å²) in [6, 6.07) is 5.87. The third kappa shape index (κ3) is 2.29. The van der Waals surface area contributed by atoms with Gasteiger partial charge >= 0.3 is 0 Å². The van der Waals surface area contributed by atoms with Crippen molar-refractivity contribution >= 4 is 27.6 Å². The van der Waals surface area contributed by atoms with Crippen LogP contribution >= 0.6 is 15.9 Å². The monoisotopic (exact) mass is 291 g/mol. The molecule has 2 aromatic rings. The molecule has 0 atom stereocenters. The first kappa shape index (κ1) is 11.6. The summed E-state index contributed by atoms with van der Waals surface area (Å²) in [5.41, 5.74) is 0.528. The van der Waals surface area contributed by atoms with Crippen molar-refractivity contribution in [1.82, 2.24) is 14.8 Å². The molecule has 2 rings (SSSR count). The Hall–Kier alpha value is -1.87. The van der Waals surface area contributed by atoms with Crippen molar-refractivity contribution in [3.05, 3.63) is 34.6 Å². The van der Waals surface area contributed by atoms with Crippen LogP contribution < -0.4 is 4.90 Å². The maximum atomic E-state index is 9.01. The second kappa shape index (κ2) is 4.55. The number of rotatable bonds is 2. The summed E-state index contributed by atoms with van der Waals surface area (Å²) >= 11 is 3.33. The van der Waals surface area contributed by atoms with Crippen LogP contribution in [0.3, 0.4) is 0 Å². The summed E-state index contributed by atoms with van der Waals surface area (Å²) in [6.45, 7) is 0. The van der Waals surface area contributed by atoms with Gasteiger partial charge in [-0.2, -0.15) is 10.4 Å². The Morgan fingerprint density at radius 3 is 2.82 bits per heavy atom. The van der Waals surface area contributed by atoms with Crippen molar-refractivity contribution in [2.24, 2.45) is 7.05 Å². The largest absolute Gasteiger partial charge is 0.312 e. The molecule has 0 saturated heterocycles. The standard InChI is InChI=1S/C11H10BrN5/c1-16-7-8(5-13)11(15-16)17(2)10-4-3-9(12)6-14-10/h3-4,6-7H,1-2H3. The zero-order valence-electron chi connectivity index (χ0n) is 9.42. The SMILES string of the molecule is CN(c1ccc(Br)cn1)c1nn(C)cc1C#N. The predicted octanol–water partition coefficient (Wildman–Crippen LogP) is 2.22. The summed E-state index contributed by atoms with van der Waals surface area (Å²) in [4.78, 5) is 6.04. The summed E-state index contributed by atoms with van der Waals surface area (Å²) in [7, 11) is 3.62. The molecule has 0 saturated carbocycles. The molecule has 0 unspecified atom stereocenters. The van der Waals surface area contributed by atoms with E-state index >= 15 is 0 Å². The zero-order chi connectivity index (χ0) is 12.4. The number of hydrogen-bond donors (Lipinski definition) is 0. The molecule has 0 radical (unpaired) electrons. The normalized spacial score (nSPS) is 10.0. The minimum Gasteiger partial charge on any atom is -0.312 e. The predicted molar refractivity (Wildman–Crippen MR) is 67.9 cm³/mol. The molecule has 0 aliphatic rings. The first-order valence-corrected chi connectivity index (χ1v) is 5.70. The van der Waals surface area contributed by atoms with Crippen LogP contribution in [-0.4, -0.2) is 21.8 Å². The molecule has 0 bridgehead atoms. The number of halogens is 1. The topological polar surface area (TPSA) is 57.7 Å². The van der Waals surface area contributed by atoms with Gasteiger partial charge < -0.3 is 4.90 Å². The molecule has 86 valence electrons. The van der Waals surface area contributed by atoms with Crippen LogP contribution in [0.25, 0.3) is 0 Å². The van der Waals surface area contributed by atoms with Gasteiger partial charge in [-0.05, 0) is 28.1 Å². The van der Waals surface area contributed by atoms with Crippen LogP contribution in [0.4, 0.5) is 11.6 Å². The highest BCUT2D eigenvalue weighted by atomic mass is 79.9. The molecule has 0 aliphatic heterocycles. The van der Waals surface area contributed by atoms with Crippen LogP contribution in [0.2, 0.25) is 0 Å². The van der Waals surface area contributed by atoms with Gasteiger partial charge in [0.2, 0.25) is 0 Å². The molecule has 0 spiro atoms. The molecule has 5 nitrogen and oxygen atoms in total. The van der Waals surface area contributed by atoms with Crippen molar-refractivity contribution in [1.29, 1.82) is 5.26 Å². The Morgan fingerprint density at radius 1 is 1.47 bits per heavy atom. The van der Waals surface area contributed by atoms with Gasteiger partial charge in [0.1, 0.15) is 17.5 Å². The Balaban J connectivity index is 2.40. The number of hydrogen-bond acceptors (Lipinski definition) is 4. The van der Waals surface area contributed by atoms with E-state index in [0.717, 1.165) is 10.3 Å². The second-order valence-corrected chi connectivity index (χ2v) is 4.46. The number of aryl methyl sites for hydroxylation is 1. The Labute approximate surface area is 107 Å². The number of nitrogens with zero attached hydrogens (tertiary/aromatic N) is 5. The van der Waals surface area contributed by atoms with E-state index in [9.17, 15) is 0 Å². The van der Waals surface area contributed by atoms with E-state index in [0.29, 0.717) is 11.4 Å². The highest BCUT2D eigenvalue weighted by molar-refractivity contribution is 9.10. The number of aromatic nitrogens is 3. The smallest absolute Gasteiger partial charge is 0.173 e. The fraction of sp³-hybridized carbons (Fsp3) is 0.182. The van der Waals surface area contributed by atoms with Crippen LogP contribution in [0.15, 0.2) is 29.0 Å². The fourth-order valence-corrected chi connectivity index (χ4v) is 1.71. The van der Waals surface area contributed by atoms with Crippen molar-refractivity contribution in [3.8, 4) is 6.07 Å². The van der Waals surface area contributed by atoms with Crippen LogP contribution in [0, 0.1) is 11.3 Å². The first-order chi connectivity index (χ1) is 8.11. The fourth-order valence-electron chi connectivity index (χ4n) is 1.48. The lowest BCUT2D eigenvalue weighted by Gasteiger charge is -2.15. The summed E-state index contributed by atoms with van der Waals surface area (Å²) in [5, 5.41) is 13.3. The van der Waals surface area contributed by atoms with E-state index < -0.39 is 0 Å². The minimum atomic E-state index is 0.528.